The number of anilines is 1. The van der Waals surface area contributed by atoms with Gasteiger partial charge in [-0.3, -0.25) is 9.71 Å². The molecule has 18 heavy (non-hydrogen) atoms. The number of rotatable bonds is 3. The number of hydrogen-bond acceptors (Lipinski definition) is 3. The minimum absolute atomic E-state index is 0.283. The van der Waals surface area contributed by atoms with Crippen molar-refractivity contribution in [2.45, 2.75) is 18.7 Å². The summed E-state index contributed by atoms with van der Waals surface area (Å²) in [5, 5.41) is 0. The summed E-state index contributed by atoms with van der Waals surface area (Å²) in [6.45, 7) is 3.61. The molecule has 0 aliphatic heterocycles. The van der Waals surface area contributed by atoms with Crippen molar-refractivity contribution in [3.05, 3.63) is 53.9 Å². The number of pyridine rings is 1. The molecule has 0 saturated heterocycles. The molecule has 1 aromatic heterocycles. The molecule has 0 radical (unpaired) electrons. The van der Waals surface area contributed by atoms with E-state index in [0.29, 0.717) is 11.3 Å². The normalized spacial score (nSPS) is 11.2. The molecule has 0 aliphatic rings. The first-order chi connectivity index (χ1) is 8.49. The predicted octanol–water partition coefficient (Wildman–Crippen LogP) is 2.50. The lowest BCUT2D eigenvalue weighted by molar-refractivity contribution is 0.600. The summed E-state index contributed by atoms with van der Waals surface area (Å²) in [7, 11) is -3.55. The van der Waals surface area contributed by atoms with Crippen molar-refractivity contribution in [1.82, 2.24) is 4.98 Å². The summed E-state index contributed by atoms with van der Waals surface area (Å²) >= 11 is 0. The lowest BCUT2D eigenvalue weighted by atomic mass is 10.2. The van der Waals surface area contributed by atoms with E-state index in [-0.39, 0.29) is 4.90 Å². The molecule has 0 atom stereocenters. The molecule has 0 spiro atoms. The van der Waals surface area contributed by atoms with Crippen molar-refractivity contribution in [3.63, 3.8) is 0 Å². The van der Waals surface area contributed by atoms with E-state index >= 15 is 0 Å². The van der Waals surface area contributed by atoms with E-state index in [2.05, 4.69) is 9.71 Å². The largest absolute Gasteiger partial charge is 0.278 e. The Hall–Kier alpha value is -1.88. The highest BCUT2D eigenvalue weighted by Crippen LogP contribution is 2.18. The van der Waals surface area contributed by atoms with Gasteiger partial charge in [-0.25, -0.2) is 8.42 Å². The van der Waals surface area contributed by atoms with Crippen LogP contribution < -0.4 is 4.72 Å². The number of nitrogens with zero attached hydrogens (tertiary/aromatic N) is 1. The third-order valence-electron chi connectivity index (χ3n) is 2.55. The average molecular weight is 262 g/mol. The monoisotopic (exact) mass is 262 g/mol. The van der Waals surface area contributed by atoms with Crippen LogP contribution in [0, 0.1) is 13.8 Å². The summed E-state index contributed by atoms with van der Waals surface area (Å²) in [6.07, 6.45) is 1.51. The summed E-state index contributed by atoms with van der Waals surface area (Å²) in [4.78, 5) is 4.34. The Balaban J connectivity index is 2.33. The molecule has 1 heterocycles. The molecule has 0 unspecified atom stereocenters. The fraction of sp³-hybridized carbons (Fsp3) is 0.154. The maximum atomic E-state index is 12.2. The summed E-state index contributed by atoms with van der Waals surface area (Å²) in [5.41, 5.74) is 2.02. The SMILES string of the molecule is Cc1ccc(NS(=O)(=O)c2ccccc2C)cn1. The maximum Gasteiger partial charge on any atom is 0.262 e. The lowest BCUT2D eigenvalue weighted by Crippen LogP contribution is -2.14. The second-order valence-corrected chi connectivity index (χ2v) is 5.71. The van der Waals surface area contributed by atoms with E-state index in [1.54, 1.807) is 37.3 Å². The molecule has 0 bridgehead atoms. The number of aromatic nitrogens is 1. The molecule has 0 amide bonds. The minimum atomic E-state index is -3.55. The Morgan fingerprint density at radius 1 is 1.06 bits per heavy atom. The van der Waals surface area contributed by atoms with Gasteiger partial charge < -0.3 is 0 Å². The third-order valence-corrected chi connectivity index (χ3v) is 4.09. The van der Waals surface area contributed by atoms with Crippen molar-refractivity contribution in [2.75, 3.05) is 4.72 Å². The molecule has 1 aromatic carbocycles. The van der Waals surface area contributed by atoms with Gasteiger partial charge in [-0.2, -0.15) is 0 Å². The molecule has 94 valence electrons. The minimum Gasteiger partial charge on any atom is -0.278 e. The predicted molar refractivity (Wildman–Crippen MR) is 71.0 cm³/mol. The van der Waals surface area contributed by atoms with Gasteiger partial charge in [-0.05, 0) is 37.6 Å². The second kappa shape index (κ2) is 4.78. The number of hydrogen-bond donors (Lipinski definition) is 1. The molecule has 0 fully saturated rings. The van der Waals surface area contributed by atoms with Crippen molar-refractivity contribution in [1.29, 1.82) is 0 Å². The van der Waals surface area contributed by atoms with Gasteiger partial charge in [0.15, 0.2) is 0 Å². The lowest BCUT2D eigenvalue weighted by Gasteiger charge is -2.09. The number of aryl methyl sites for hydroxylation is 2. The first kappa shape index (κ1) is 12.6. The van der Waals surface area contributed by atoms with Gasteiger partial charge in [0.25, 0.3) is 10.0 Å². The highest BCUT2D eigenvalue weighted by Gasteiger charge is 2.16. The van der Waals surface area contributed by atoms with Crippen molar-refractivity contribution >= 4 is 15.7 Å². The molecule has 5 heteroatoms. The first-order valence-corrected chi connectivity index (χ1v) is 6.98. The number of nitrogens with one attached hydrogen (secondary N) is 1. The van der Waals surface area contributed by atoms with Gasteiger partial charge in [0.1, 0.15) is 0 Å². The molecule has 2 aromatic rings. The van der Waals surface area contributed by atoms with Crippen LogP contribution in [0.1, 0.15) is 11.3 Å². The quantitative estimate of drug-likeness (QED) is 0.924. The molecule has 0 saturated carbocycles. The van der Waals surface area contributed by atoms with Crippen LogP contribution in [0.5, 0.6) is 0 Å². The van der Waals surface area contributed by atoms with Crippen LogP contribution in [0.2, 0.25) is 0 Å². The summed E-state index contributed by atoms with van der Waals surface area (Å²) in [5.74, 6) is 0. The molecule has 4 nitrogen and oxygen atoms in total. The summed E-state index contributed by atoms with van der Waals surface area (Å²) < 4.78 is 26.8. The van der Waals surface area contributed by atoms with Gasteiger partial charge in [0.05, 0.1) is 16.8 Å². The zero-order valence-corrected chi connectivity index (χ0v) is 11.0. The molecule has 0 aliphatic carbocycles. The Labute approximate surface area is 107 Å². The van der Waals surface area contributed by atoms with Gasteiger partial charge in [-0.15, -0.1) is 0 Å². The molecular formula is C13H14N2O2S. The number of benzene rings is 1. The molecule has 1 N–H and O–H groups in total. The van der Waals surface area contributed by atoms with E-state index in [1.807, 2.05) is 13.0 Å². The van der Waals surface area contributed by atoms with Crippen LogP contribution in [0.25, 0.3) is 0 Å². The zero-order chi connectivity index (χ0) is 13.2. The highest BCUT2D eigenvalue weighted by atomic mass is 32.2. The van der Waals surface area contributed by atoms with Crippen LogP contribution in [-0.2, 0) is 10.0 Å². The van der Waals surface area contributed by atoms with Gasteiger partial charge in [-0.1, -0.05) is 18.2 Å². The van der Waals surface area contributed by atoms with Gasteiger partial charge in [0, 0.05) is 5.69 Å². The zero-order valence-electron chi connectivity index (χ0n) is 10.2. The van der Waals surface area contributed by atoms with E-state index in [9.17, 15) is 8.42 Å². The molecule has 2 rings (SSSR count). The standard InChI is InChI=1S/C13H14N2O2S/c1-10-5-3-4-6-13(10)18(16,17)15-12-8-7-11(2)14-9-12/h3-9,15H,1-2H3. The van der Waals surface area contributed by atoms with Gasteiger partial charge >= 0.3 is 0 Å². The van der Waals surface area contributed by atoms with Crippen LogP contribution >= 0.6 is 0 Å². The van der Waals surface area contributed by atoms with E-state index in [0.717, 1.165) is 5.69 Å². The van der Waals surface area contributed by atoms with Crippen molar-refractivity contribution in [2.24, 2.45) is 0 Å². The Morgan fingerprint density at radius 2 is 1.78 bits per heavy atom. The fourth-order valence-electron chi connectivity index (χ4n) is 1.60. The van der Waals surface area contributed by atoms with Crippen molar-refractivity contribution in [3.8, 4) is 0 Å². The van der Waals surface area contributed by atoms with E-state index < -0.39 is 10.0 Å². The average Bonchev–Trinajstić information content (AvgIpc) is 2.32. The highest BCUT2D eigenvalue weighted by molar-refractivity contribution is 7.92. The Bertz CT molecular complexity index is 649. The number of sulfonamides is 1. The Morgan fingerprint density at radius 3 is 2.39 bits per heavy atom. The fourth-order valence-corrected chi connectivity index (χ4v) is 2.89. The summed E-state index contributed by atoms with van der Waals surface area (Å²) in [6, 6.07) is 10.3. The smallest absolute Gasteiger partial charge is 0.262 e. The van der Waals surface area contributed by atoms with Crippen LogP contribution in [0.3, 0.4) is 0 Å². The van der Waals surface area contributed by atoms with Crippen LogP contribution in [-0.4, -0.2) is 13.4 Å². The first-order valence-electron chi connectivity index (χ1n) is 5.50. The molecular weight excluding hydrogens is 248 g/mol. The third kappa shape index (κ3) is 2.68. The maximum absolute atomic E-state index is 12.2. The van der Waals surface area contributed by atoms with Crippen LogP contribution in [0.15, 0.2) is 47.5 Å². The second-order valence-electron chi connectivity index (χ2n) is 4.06. The van der Waals surface area contributed by atoms with E-state index in [1.165, 1.54) is 6.20 Å². The van der Waals surface area contributed by atoms with Gasteiger partial charge in [0.2, 0.25) is 0 Å². The van der Waals surface area contributed by atoms with E-state index in [4.69, 9.17) is 0 Å². The van der Waals surface area contributed by atoms with Crippen LogP contribution in [0.4, 0.5) is 5.69 Å². The topological polar surface area (TPSA) is 59.1 Å². The Kier molecular flexibility index (Phi) is 3.34. The van der Waals surface area contributed by atoms with Crippen molar-refractivity contribution < 1.29 is 8.42 Å².